The molecule has 0 heterocycles. The monoisotopic (exact) mass is 492 g/mol. The number of benzene rings is 1. The number of rotatable bonds is 3. The maximum absolute atomic E-state index is 13.7. The normalized spacial score (nSPS) is 26.8. The number of esters is 2. The Labute approximate surface area is 205 Å². The first-order valence-electron chi connectivity index (χ1n) is 11.5. The van der Waals surface area contributed by atoms with Crippen LogP contribution in [0, 0.1) is 24.2 Å². The molecule has 1 aromatic carbocycles. The molecule has 4 unspecified atom stereocenters. The smallest absolute Gasteiger partial charge is 0.308 e. The van der Waals surface area contributed by atoms with Gasteiger partial charge in [-0.25, -0.2) is 0 Å². The highest BCUT2D eigenvalue weighted by Gasteiger charge is 2.52. The van der Waals surface area contributed by atoms with Crippen LogP contribution in [0.25, 0.3) is 0 Å². The fraction of sp³-hybridized carbons (Fsp3) is 0.407. The molecule has 182 valence electrons. The lowest BCUT2D eigenvalue weighted by atomic mass is 9.68. The molecule has 4 rings (SSSR count). The van der Waals surface area contributed by atoms with Gasteiger partial charge in [-0.2, -0.15) is 0 Å². The van der Waals surface area contributed by atoms with Crippen LogP contribution in [0.5, 0.6) is 11.5 Å². The van der Waals surface area contributed by atoms with Gasteiger partial charge in [0.25, 0.3) is 0 Å². The zero-order valence-electron chi connectivity index (χ0n) is 20.4. The summed E-state index contributed by atoms with van der Waals surface area (Å²) in [5, 5.41) is 11.6. The van der Waals surface area contributed by atoms with Crippen LogP contribution >= 0.6 is 0 Å². The minimum absolute atomic E-state index is 0.0614. The molecule has 0 bridgehead atoms. The lowest BCUT2D eigenvalue weighted by molar-refractivity contribution is -0.152. The predicted octanol–water partition coefficient (Wildman–Crippen LogP) is 3.90. The number of hydrogen-bond acceptors (Lipinski definition) is 7. The summed E-state index contributed by atoms with van der Waals surface area (Å²) in [5.41, 5.74) is -1.14. The third-order valence-electron chi connectivity index (χ3n) is 7.04. The summed E-state index contributed by atoms with van der Waals surface area (Å²) in [6.45, 7) is 8.68. The van der Waals surface area contributed by atoms with Crippen molar-refractivity contribution in [2.75, 3.05) is 0 Å². The molecule has 1 N–H and O–H groups in total. The Morgan fingerprint density at radius 2 is 1.63 bits per heavy atom. The van der Waals surface area contributed by atoms with Gasteiger partial charge in [0, 0.05) is 37.8 Å². The van der Waals surface area contributed by atoms with Gasteiger partial charge in [0.15, 0.2) is 17.2 Å². The standard InChI is InChI=1S/C27H28O7Si/c1-7-27(34-15(3)29)12-18-20(19(13-27)35(4,5)6)25(32)21-22(26(18)33-14(2)28)24(31)17-11-9-8-10-16(17)23(21)30/h1,8-11,16-17,19,32H,12-13H2,2-6H3. The van der Waals surface area contributed by atoms with Crippen molar-refractivity contribution in [1.82, 2.24) is 0 Å². The summed E-state index contributed by atoms with van der Waals surface area (Å²) in [5.74, 6) is -1.31. The first-order valence-corrected chi connectivity index (χ1v) is 15.1. The Bertz CT molecular complexity index is 1270. The lowest BCUT2D eigenvalue weighted by Gasteiger charge is -2.44. The SMILES string of the molecule is C#CC1(OC(C)=O)Cc2c(OC(C)=O)c3c(c(O)c2C([Si](C)(C)C)C1)C(=O)C1C=CC=CC1C3=O. The van der Waals surface area contributed by atoms with Gasteiger partial charge in [-0.3, -0.25) is 19.2 Å². The molecule has 35 heavy (non-hydrogen) atoms. The Morgan fingerprint density at radius 3 is 2.11 bits per heavy atom. The first-order chi connectivity index (χ1) is 16.3. The van der Waals surface area contributed by atoms with Gasteiger partial charge < -0.3 is 14.6 Å². The second kappa shape index (κ2) is 8.35. The molecule has 0 aliphatic heterocycles. The summed E-state index contributed by atoms with van der Waals surface area (Å²) < 4.78 is 11.3. The van der Waals surface area contributed by atoms with Crippen LogP contribution in [0.2, 0.25) is 19.6 Å². The molecule has 4 atom stereocenters. The predicted molar refractivity (Wildman–Crippen MR) is 131 cm³/mol. The van der Waals surface area contributed by atoms with E-state index >= 15 is 0 Å². The van der Waals surface area contributed by atoms with Crippen LogP contribution < -0.4 is 4.74 Å². The third kappa shape index (κ3) is 3.94. The summed E-state index contributed by atoms with van der Waals surface area (Å²) in [7, 11) is -2.19. The highest BCUT2D eigenvalue weighted by molar-refractivity contribution is 6.77. The minimum atomic E-state index is -2.19. The van der Waals surface area contributed by atoms with Gasteiger partial charge in [-0.05, 0) is 5.54 Å². The minimum Gasteiger partial charge on any atom is -0.507 e. The number of ether oxygens (including phenoxy) is 2. The molecular formula is C27H28O7Si. The second-order valence-electron chi connectivity index (χ2n) is 10.5. The Morgan fingerprint density at radius 1 is 1.06 bits per heavy atom. The van der Waals surface area contributed by atoms with Crippen LogP contribution in [0.15, 0.2) is 24.3 Å². The van der Waals surface area contributed by atoms with Crippen molar-refractivity contribution in [2.45, 2.75) is 57.5 Å². The van der Waals surface area contributed by atoms with Gasteiger partial charge >= 0.3 is 11.9 Å². The van der Waals surface area contributed by atoms with E-state index in [-0.39, 0.29) is 41.0 Å². The zero-order valence-corrected chi connectivity index (χ0v) is 21.4. The molecule has 8 heteroatoms. The van der Waals surface area contributed by atoms with Crippen LogP contribution in [0.4, 0.5) is 0 Å². The van der Waals surface area contributed by atoms with Gasteiger partial charge in [-0.1, -0.05) is 49.9 Å². The maximum atomic E-state index is 13.7. The highest BCUT2D eigenvalue weighted by Crippen LogP contribution is 2.54. The van der Waals surface area contributed by atoms with E-state index in [9.17, 15) is 24.3 Å². The van der Waals surface area contributed by atoms with Crippen LogP contribution in [-0.4, -0.2) is 42.3 Å². The molecule has 0 fully saturated rings. The van der Waals surface area contributed by atoms with Gasteiger partial charge in [0.1, 0.15) is 11.5 Å². The topological polar surface area (TPSA) is 107 Å². The number of carbonyl (C=O) groups is 4. The van der Waals surface area contributed by atoms with Crippen LogP contribution in [-0.2, 0) is 20.7 Å². The number of phenols is 1. The van der Waals surface area contributed by atoms with Crippen LogP contribution in [0.3, 0.4) is 0 Å². The molecule has 0 saturated heterocycles. The van der Waals surface area contributed by atoms with Crippen molar-refractivity contribution in [3.05, 3.63) is 46.6 Å². The number of aromatic hydroxyl groups is 1. The van der Waals surface area contributed by atoms with E-state index in [2.05, 4.69) is 25.6 Å². The van der Waals surface area contributed by atoms with E-state index in [1.165, 1.54) is 13.8 Å². The average molecular weight is 493 g/mol. The van der Waals surface area contributed by atoms with E-state index in [1.807, 2.05) is 0 Å². The molecule has 0 amide bonds. The number of ketones is 2. The molecule has 7 nitrogen and oxygen atoms in total. The van der Waals surface area contributed by atoms with E-state index in [0.29, 0.717) is 11.1 Å². The molecule has 0 radical (unpaired) electrons. The lowest BCUT2D eigenvalue weighted by Crippen LogP contribution is -2.47. The molecule has 0 spiro atoms. The largest absolute Gasteiger partial charge is 0.507 e. The van der Waals surface area contributed by atoms with E-state index in [0.717, 1.165) is 0 Å². The number of allylic oxidation sites excluding steroid dienone is 4. The average Bonchev–Trinajstić information content (AvgIpc) is 2.77. The molecule has 3 aliphatic carbocycles. The zero-order chi connectivity index (χ0) is 25.9. The number of Topliss-reactive ketones (excluding diaryl/α,β-unsaturated/α-hetero) is 2. The van der Waals surface area contributed by atoms with Crippen molar-refractivity contribution in [2.24, 2.45) is 11.8 Å². The van der Waals surface area contributed by atoms with E-state index in [4.69, 9.17) is 15.9 Å². The van der Waals surface area contributed by atoms with E-state index in [1.54, 1.807) is 24.3 Å². The molecule has 1 aromatic rings. The number of phenolic OH excluding ortho intramolecular Hbond substituents is 1. The summed E-state index contributed by atoms with van der Waals surface area (Å²) >= 11 is 0. The number of hydrogen-bond donors (Lipinski definition) is 1. The summed E-state index contributed by atoms with van der Waals surface area (Å²) in [4.78, 5) is 51.5. The fourth-order valence-electron chi connectivity index (χ4n) is 5.53. The molecule has 0 saturated carbocycles. The Hall–Kier alpha value is -3.44. The van der Waals surface area contributed by atoms with Gasteiger partial charge in [-0.15, -0.1) is 6.42 Å². The number of fused-ring (bicyclic) bond motifs is 3. The fourth-order valence-corrected chi connectivity index (χ4v) is 7.65. The number of carbonyl (C=O) groups excluding carboxylic acids is 4. The summed E-state index contributed by atoms with van der Waals surface area (Å²) in [6, 6.07) is 0. The van der Waals surface area contributed by atoms with Crippen molar-refractivity contribution in [1.29, 1.82) is 0 Å². The Kier molecular flexibility index (Phi) is 5.88. The maximum Gasteiger partial charge on any atom is 0.308 e. The van der Waals surface area contributed by atoms with E-state index < -0.39 is 49.0 Å². The molecular weight excluding hydrogens is 464 g/mol. The quantitative estimate of drug-likeness (QED) is 0.295. The molecule has 3 aliphatic rings. The Balaban J connectivity index is 2.11. The van der Waals surface area contributed by atoms with Crippen LogP contribution in [0.1, 0.15) is 57.7 Å². The summed E-state index contributed by atoms with van der Waals surface area (Å²) in [6.07, 6.45) is 12.8. The first kappa shape index (κ1) is 24.7. The third-order valence-corrected chi connectivity index (χ3v) is 9.62. The van der Waals surface area contributed by atoms with Crippen molar-refractivity contribution in [3.8, 4) is 23.8 Å². The number of terminal acetylenes is 1. The van der Waals surface area contributed by atoms with Crippen molar-refractivity contribution >= 4 is 31.6 Å². The van der Waals surface area contributed by atoms with Gasteiger partial charge in [0.05, 0.1) is 31.0 Å². The van der Waals surface area contributed by atoms with Crippen molar-refractivity contribution < 1.29 is 33.8 Å². The van der Waals surface area contributed by atoms with Gasteiger partial charge in [0.2, 0.25) is 0 Å². The van der Waals surface area contributed by atoms with Crippen molar-refractivity contribution in [3.63, 3.8) is 0 Å². The second-order valence-corrected chi connectivity index (χ2v) is 15.9. The highest BCUT2D eigenvalue weighted by atomic mass is 28.3. The molecule has 0 aromatic heterocycles.